The monoisotopic (exact) mass is 277 g/mol. The fourth-order valence-electron chi connectivity index (χ4n) is 2.68. The van der Waals surface area contributed by atoms with Gasteiger partial charge in [-0.05, 0) is 35.2 Å². The lowest BCUT2D eigenvalue weighted by Crippen LogP contribution is -2.29. The van der Waals surface area contributed by atoms with Gasteiger partial charge in [0.1, 0.15) is 0 Å². The fourth-order valence-corrected chi connectivity index (χ4v) is 2.68. The zero-order chi connectivity index (χ0) is 14.7. The molecule has 3 aromatic rings. The third-order valence-corrected chi connectivity index (χ3v) is 3.88. The van der Waals surface area contributed by atoms with E-state index >= 15 is 0 Å². The van der Waals surface area contributed by atoms with Crippen LogP contribution in [0.15, 0.2) is 60.8 Å². The Kier molecular flexibility index (Phi) is 3.95. The molecule has 1 aromatic heterocycles. The van der Waals surface area contributed by atoms with Crippen molar-refractivity contribution in [2.24, 2.45) is 5.84 Å². The second kappa shape index (κ2) is 6.04. The molecule has 0 fully saturated rings. The van der Waals surface area contributed by atoms with Crippen LogP contribution in [-0.4, -0.2) is 4.98 Å². The zero-order valence-electron chi connectivity index (χ0n) is 12.1. The number of fused-ring (bicyclic) bond motifs is 1. The van der Waals surface area contributed by atoms with Crippen molar-refractivity contribution >= 4 is 10.9 Å². The second-order valence-corrected chi connectivity index (χ2v) is 5.11. The summed E-state index contributed by atoms with van der Waals surface area (Å²) in [5, 5.41) is 1.13. The van der Waals surface area contributed by atoms with Gasteiger partial charge in [-0.25, -0.2) is 5.43 Å². The maximum atomic E-state index is 5.83. The third kappa shape index (κ3) is 2.66. The Balaban J connectivity index is 2.09. The van der Waals surface area contributed by atoms with Crippen LogP contribution in [0.2, 0.25) is 0 Å². The molecule has 2 aromatic carbocycles. The van der Waals surface area contributed by atoms with Crippen molar-refractivity contribution in [1.29, 1.82) is 0 Å². The Labute approximate surface area is 124 Å². The van der Waals surface area contributed by atoms with Crippen molar-refractivity contribution in [1.82, 2.24) is 10.4 Å². The minimum atomic E-state index is -0.0381. The standard InChI is InChI=1S/C18H19N3/c1-2-13-7-9-14(10-8-13)18(21-19)16-11-12-20-17-6-4-3-5-15(16)17/h3-12,18,21H,2,19H2,1H3. The molecule has 0 bridgehead atoms. The molecule has 0 aliphatic rings. The van der Waals surface area contributed by atoms with Crippen molar-refractivity contribution in [3.05, 3.63) is 77.5 Å². The predicted molar refractivity (Wildman–Crippen MR) is 86.7 cm³/mol. The van der Waals surface area contributed by atoms with E-state index in [-0.39, 0.29) is 6.04 Å². The summed E-state index contributed by atoms with van der Waals surface area (Å²) in [6.07, 6.45) is 2.88. The van der Waals surface area contributed by atoms with Crippen molar-refractivity contribution in [3.63, 3.8) is 0 Å². The van der Waals surface area contributed by atoms with Crippen LogP contribution >= 0.6 is 0 Å². The van der Waals surface area contributed by atoms with Crippen LogP contribution in [-0.2, 0) is 6.42 Å². The Morgan fingerprint density at radius 2 is 1.81 bits per heavy atom. The predicted octanol–water partition coefficient (Wildman–Crippen LogP) is 3.35. The van der Waals surface area contributed by atoms with Gasteiger partial charge in [-0.3, -0.25) is 10.8 Å². The van der Waals surface area contributed by atoms with Crippen LogP contribution in [0.5, 0.6) is 0 Å². The number of hydrogen-bond donors (Lipinski definition) is 2. The quantitative estimate of drug-likeness (QED) is 0.568. The molecule has 1 unspecified atom stereocenters. The number of rotatable bonds is 4. The third-order valence-electron chi connectivity index (χ3n) is 3.88. The highest BCUT2D eigenvalue weighted by atomic mass is 15.2. The first kappa shape index (κ1) is 13.7. The number of pyridine rings is 1. The summed E-state index contributed by atoms with van der Waals surface area (Å²) in [4.78, 5) is 4.41. The first-order valence-electron chi connectivity index (χ1n) is 7.22. The Bertz CT molecular complexity index is 730. The first-order chi connectivity index (χ1) is 10.3. The summed E-state index contributed by atoms with van der Waals surface area (Å²) in [7, 11) is 0. The minimum Gasteiger partial charge on any atom is -0.271 e. The first-order valence-corrected chi connectivity index (χ1v) is 7.22. The second-order valence-electron chi connectivity index (χ2n) is 5.11. The van der Waals surface area contributed by atoms with Crippen LogP contribution in [0.1, 0.15) is 29.7 Å². The highest BCUT2D eigenvalue weighted by Crippen LogP contribution is 2.27. The van der Waals surface area contributed by atoms with Crippen molar-refractivity contribution in [2.75, 3.05) is 0 Å². The molecule has 21 heavy (non-hydrogen) atoms. The lowest BCUT2D eigenvalue weighted by Gasteiger charge is -2.19. The van der Waals surface area contributed by atoms with Crippen LogP contribution in [0.3, 0.4) is 0 Å². The van der Waals surface area contributed by atoms with Gasteiger partial charge in [-0.15, -0.1) is 0 Å². The van der Waals surface area contributed by atoms with E-state index in [1.807, 2.05) is 30.5 Å². The molecule has 0 saturated heterocycles. The highest BCUT2D eigenvalue weighted by Gasteiger charge is 2.15. The molecule has 1 atom stereocenters. The number of benzene rings is 2. The van der Waals surface area contributed by atoms with E-state index in [2.05, 4.69) is 47.7 Å². The number of nitrogens with one attached hydrogen (secondary N) is 1. The molecule has 0 spiro atoms. The highest BCUT2D eigenvalue weighted by molar-refractivity contribution is 5.82. The van der Waals surface area contributed by atoms with Crippen LogP contribution in [0.25, 0.3) is 10.9 Å². The molecule has 1 heterocycles. The minimum absolute atomic E-state index is 0.0381. The van der Waals surface area contributed by atoms with Crippen LogP contribution in [0.4, 0.5) is 0 Å². The number of aromatic nitrogens is 1. The lowest BCUT2D eigenvalue weighted by molar-refractivity contribution is 0.640. The molecule has 0 aliphatic carbocycles. The SMILES string of the molecule is CCc1ccc(C(NN)c2ccnc3ccccc23)cc1. The van der Waals surface area contributed by atoms with Gasteiger partial charge < -0.3 is 0 Å². The summed E-state index contributed by atoms with van der Waals surface area (Å²) in [5.41, 5.74) is 7.55. The van der Waals surface area contributed by atoms with Gasteiger partial charge >= 0.3 is 0 Å². The van der Waals surface area contributed by atoms with Crippen LogP contribution in [0, 0.1) is 0 Å². The van der Waals surface area contributed by atoms with Gasteiger partial charge in [0.05, 0.1) is 11.6 Å². The summed E-state index contributed by atoms with van der Waals surface area (Å²) < 4.78 is 0. The van der Waals surface area contributed by atoms with E-state index < -0.39 is 0 Å². The zero-order valence-corrected chi connectivity index (χ0v) is 12.1. The van der Waals surface area contributed by atoms with Gasteiger partial charge in [0.15, 0.2) is 0 Å². The molecule has 106 valence electrons. The number of aryl methyl sites for hydroxylation is 1. The number of nitrogens with two attached hydrogens (primary N) is 1. The molecule has 0 aliphatic heterocycles. The number of nitrogens with zero attached hydrogens (tertiary/aromatic N) is 1. The summed E-state index contributed by atoms with van der Waals surface area (Å²) in [6, 6.07) is 18.7. The maximum Gasteiger partial charge on any atom is 0.0717 e. The average molecular weight is 277 g/mol. The van der Waals surface area contributed by atoms with E-state index in [0.29, 0.717) is 0 Å². The van der Waals surface area contributed by atoms with Crippen molar-refractivity contribution in [3.8, 4) is 0 Å². The molecular formula is C18H19N3. The fraction of sp³-hybridized carbons (Fsp3) is 0.167. The van der Waals surface area contributed by atoms with Gasteiger partial charge in [0, 0.05) is 11.6 Å². The molecule has 3 rings (SSSR count). The number of hydrogen-bond acceptors (Lipinski definition) is 3. The van der Waals surface area contributed by atoms with E-state index in [4.69, 9.17) is 5.84 Å². The van der Waals surface area contributed by atoms with Crippen molar-refractivity contribution in [2.45, 2.75) is 19.4 Å². The van der Waals surface area contributed by atoms with Crippen LogP contribution < -0.4 is 11.3 Å². The summed E-state index contributed by atoms with van der Waals surface area (Å²) >= 11 is 0. The molecule has 3 N–H and O–H groups in total. The van der Waals surface area contributed by atoms with Gasteiger partial charge in [0.2, 0.25) is 0 Å². The largest absolute Gasteiger partial charge is 0.271 e. The molecule has 0 radical (unpaired) electrons. The lowest BCUT2D eigenvalue weighted by atomic mass is 9.95. The Morgan fingerprint density at radius 3 is 2.52 bits per heavy atom. The van der Waals surface area contributed by atoms with Gasteiger partial charge in [0.25, 0.3) is 0 Å². The number of hydrazine groups is 1. The van der Waals surface area contributed by atoms with E-state index in [9.17, 15) is 0 Å². The Morgan fingerprint density at radius 1 is 1.05 bits per heavy atom. The molecule has 3 heteroatoms. The van der Waals surface area contributed by atoms with E-state index in [1.54, 1.807) is 0 Å². The molecule has 0 amide bonds. The van der Waals surface area contributed by atoms with Crippen molar-refractivity contribution < 1.29 is 0 Å². The van der Waals surface area contributed by atoms with Gasteiger partial charge in [-0.2, -0.15) is 0 Å². The van der Waals surface area contributed by atoms with E-state index in [1.165, 1.54) is 5.56 Å². The Hall–Kier alpha value is -2.23. The van der Waals surface area contributed by atoms with Gasteiger partial charge in [-0.1, -0.05) is 49.4 Å². The maximum absolute atomic E-state index is 5.83. The number of para-hydroxylation sites is 1. The smallest absolute Gasteiger partial charge is 0.0717 e. The molecule has 3 nitrogen and oxygen atoms in total. The molecule has 0 saturated carbocycles. The normalized spacial score (nSPS) is 12.5. The topological polar surface area (TPSA) is 50.9 Å². The molecular weight excluding hydrogens is 258 g/mol. The summed E-state index contributed by atoms with van der Waals surface area (Å²) in [6.45, 7) is 2.16. The summed E-state index contributed by atoms with van der Waals surface area (Å²) in [5.74, 6) is 5.83. The van der Waals surface area contributed by atoms with E-state index in [0.717, 1.165) is 28.5 Å². The average Bonchev–Trinajstić information content (AvgIpc) is 2.56.